The number of carbonyl (C=O) groups is 1. The SMILES string of the molecule is C/C(Cl)=C1\C(=O)NCC1CCl. The Balaban J connectivity index is 2.89. The van der Waals surface area contributed by atoms with Gasteiger partial charge >= 0.3 is 0 Å². The third-order valence-corrected chi connectivity index (χ3v) is 2.30. The molecule has 0 aromatic rings. The van der Waals surface area contributed by atoms with E-state index in [1.807, 2.05) is 0 Å². The number of amides is 1. The molecule has 1 amide bonds. The molecule has 0 radical (unpaired) electrons. The van der Waals surface area contributed by atoms with Gasteiger partial charge in [-0.3, -0.25) is 4.79 Å². The van der Waals surface area contributed by atoms with E-state index in [0.29, 0.717) is 23.0 Å². The first-order valence-corrected chi connectivity index (χ1v) is 4.28. The van der Waals surface area contributed by atoms with E-state index in [0.717, 1.165) is 0 Å². The average molecular weight is 194 g/mol. The summed E-state index contributed by atoms with van der Waals surface area (Å²) in [6.45, 7) is 2.32. The van der Waals surface area contributed by atoms with Crippen LogP contribution in [0.2, 0.25) is 0 Å². The van der Waals surface area contributed by atoms with Crippen LogP contribution < -0.4 is 5.32 Å². The van der Waals surface area contributed by atoms with Crippen LogP contribution in [0.5, 0.6) is 0 Å². The summed E-state index contributed by atoms with van der Waals surface area (Å²) in [5.41, 5.74) is 0.640. The standard InChI is InChI=1S/C7H9Cl2NO/c1-4(9)6-5(2-8)3-10-7(6)11/h5H,2-3H2,1H3,(H,10,11)/b6-4+. The van der Waals surface area contributed by atoms with Gasteiger partial charge in [0.1, 0.15) is 0 Å². The van der Waals surface area contributed by atoms with E-state index in [1.165, 1.54) is 0 Å². The van der Waals surface area contributed by atoms with Crippen molar-refractivity contribution in [2.45, 2.75) is 6.92 Å². The summed E-state index contributed by atoms with van der Waals surface area (Å²) in [4.78, 5) is 11.1. The third-order valence-electron chi connectivity index (χ3n) is 1.72. The number of nitrogens with one attached hydrogen (secondary N) is 1. The molecule has 1 fully saturated rings. The van der Waals surface area contributed by atoms with E-state index in [-0.39, 0.29) is 11.8 Å². The highest BCUT2D eigenvalue weighted by molar-refractivity contribution is 6.32. The zero-order chi connectivity index (χ0) is 8.43. The third kappa shape index (κ3) is 1.68. The van der Waals surface area contributed by atoms with Crippen LogP contribution in [0.3, 0.4) is 0 Å². The quantitative estimate of drug-likeness (QED) is 0.497. The fourth-order valence-electron chi connectivity index (χ4n) is 1.17. The molecule has 0 bridgehead atoms. The molecule has 0 aromatic carbocycles. The number of carbonyl (C=O) groups excluding carboxylic acids is 1. The van der Waals surface area contributed by atoms with Crippen molar-refractivity contribution < 1.29 is 4.79 Å². The number of halogens is 2. The predicted octanol–water partition coefficient (Wildman–Crippen LogP) is 1.48. The summed E-state index contributed by atoms with van der Waals surface area (Å²) in [5.74, 6) is 0.447. The molecule has 4 heteroatoms. The zero-order valence-electron chi connectivity index (χ0n) is 6.16. The Bertz CT molecular complexity index is 208. The van der Waals surface area contributed by atoms with Crippen LogP contribution in [0.4, 0.5) is 0 Å². The maximum atomic E-state index is 11.1. The molecule has 1 rings (SSSR count). The molecule has 1 atom stereocenters. The van der Waals surface area contributed by atoms with Gasteiger partial charge in [0.05, 0.1) is 0 Å². The number of rotatable bonds is 1. The fourth-order valence-corrected chi connectivity index (χ4v) is 1.67. The first-order valence-electron chi connectivity index (χ1n) is 3.37. The van der Waals surface area contributed by atoms with Crippen LogP contribution in [-0.2, 0) is 4.79 Å². The molecule has 1 aliphatic heterocycles. The smallest absolute Gasteiger partial charge is 0.248 e. The average Bonchev–Trinajstić information content (AvgIpc) is 2.30. The van der Waals surface area contributed by atoms with Gasteiger partial charge in [-0.1, -0.05) is 11.6 Å². The van der Waals surface area contributed by atoms with Crippen LogP contribution in [0.1, 0.15) is 6.92 Å². The van der Waals surface area contributed by atoms with E-state index in [9.17, 15) is 4.79 Å². The highest BCUT2D eigenvalue weighted by atomic mass is 35.5. The van der Waals surface area contributed by atoms with Gasteiger partial charge in [-0.05, 0) is 6.92 Å². The number of allylic oxidation sites excluding steroid dienone is 1. The first kappa shape index (κ1) is 8.88. The lowest BCUT2D eigenvalue weighted by Crippen LogP contribution is -2.14. The van der Waals surface area contributed by atoms with Crippen LogP contribution >= 0.6 is 23.2 Å². The topological polar surface area (TPSA) is 29.1 Å². The Hall–Kier alpha value is -0.210. The van der Waals surface area contributed by atoms with E-state index in [4.69, 9.17) is 23.2 Å². The Morgan fingerprint density at radius 3 is 2.82 bits per heavy atom. The predicted molar refractivity (Wildman–Crippen MR) is 45.8 cm³/mol. The minimum absolute atomic E-state index is 0.0804. The molecule has 2 nitrogen and oxygen atoms in total. The van der Waals surface area contributed by atoms with Crippen LogP contribution in [-0.4, -0.2) is 18.3 Å². The lowest BCUT2D eigenvalue weighted by atomic mass is 10.1. The lowest BCUT2D eigenvalue weighted by molar-refractivity contribution is -0.116. The molecule has 0 spiro atoms. The lowest BCUT2D eigenvalue weighted by Gasteiger charge is -2.03. The first-order chi connectivity index (χ1) is 5.16. The summed E-state index contributed by atoms with van der Waals surface area (Å²) < 4.78 is 0. The maximum Gasteiger partial charge on any atom is 0.248 e. The minimum atomic E-state index is -0.0804. The molecule has 1 heterocycles. The van der Waals surface area contributed by atoms with Crippen molar-refractivity contribution >= 4 is 29.1 Å². The van der Waals surface area contributed by atoms with Gasteiger partial charge in [0.2, 0.25) is 5.91 Å². The van der Waals surface area contributed by atoms with Crippen molar-refractivity contribution in [3.63, 3.8) is 0 Å². The summed E-state index contributed by atoms with van der Waals surface area (Å²) >= 11 is 11.3. The van der Waals surface area contributed by atoms with Gasteiger partial charge in [-0.25, -0.2) is 0 Å². The summed E-state index contributed by atoms with van der Waals surface area (Å²) in [5, 5.41) is 3.23. The molecular formula is C7H9Cl2NO. The van der Waals surface area contributed by atoms with E-state index >= 15 is 0 Å². The summed E-state index contributed by atoms with van der Waals surface area (Å²) in [6, 6.07) is 0. The van der Waals surface area contributed by atoms with Gasteiger partial charge in [0.25, 0.3) is 0 Å². The van der Waals surface area contributed by atoms with Crippen molar-refractivity contribution in [1.29, 1.82) is 0 Å². The Morgan fingerprint density at radius 2 is 2.45 bits per heavy atom. The second-order valence-corrected chi connectivity index (χ2v) is 3.38. The Kier molecular flexibility index (Phi) is 2.79. The molecule has 1 saturated heterocycles. The summed E-state index contributed by atoms with van der Waals surface area (Å²) in [6.07, 6.45) is 0. The van der Waals surface area contributed by atoms with Crippen LogP contribution in [0, 0.1) is 5.92 Å². The van der Waals surface area contributed by atoms with Crippen LogP contribution in [0.15, 0.2) is 10.6 Å². The van der Waals surface area contributed by atoms with E-state index in [2.05, 4.69) is 5.32 Å². The van der Waals surface area contributed by atoms with Crippen molar-refractivity contribution in [2.75, 3.05) is 12.4 Å². The maximum absolute atomic E-state index is 11.1. The molecule has 11 heavy (non-hydrogen) atoms. The molecule has 0 aliphatic carbocycles. The van der Waals surface area contributed by atoms with Gasteiger partial charge in [0.15, 0.2) is 0 Å². The zero-order valence-corrected chi connectivity index (χ0v) is 7.67. The number of alkyl halides is 1. The number of hydrogen-bond acceptors (Lipinski definition) is 1. The Morgan fingerprint density at radius 1 is 1.82 bits per heavy atom. The molecule has 62 valence electrons. The highest BCUT2D eigenvalue weighted by Crippen LogP contribution is 2.23. The van der Waals surface area contributed by atoms with E-state index in [1.54, 1.807) is 6.92 Å². The molecule has 1 N–H and O–H groups in total. The van der Waals surface area contributed by atoms with Crippen molar-refractivity contribution in [3.8, 4) is 0 Å². The molecular weight excluding hydrogens is 185 g/mol. The Labute approximate surface area is 75.6 Å². The fraction of sp³-hybridized carbons (Fsp3) is 0.571. The molecule has 1 unspecified atom stereocenters. The van der Waals surface area contributed by atoms with Crippen molar-refractivity contribution in [2.24, 2.45) is 5.92 Å². The van der Waals surface area contributed by atoms with Gasteiger partial charge in [0, 0.05) is 28.9 Å². The van der Waals surface area contributed by atoms with Crippen LogP contribution in [0.25, 0.3) is 0 Å². The monoisotopic (exact) mass is 193 g/mol. The molecule has 0 saturated carbocycles. The van der Waals surface area contributed by atoms with Crippen molar-refractivity contribution in [1.82, 2.24) is 5.32 Å². The van der Waals surface area contributed by atoms with Gasteiger partial charge < -0.3 is 5.32 Å². The largest absolute Gasteiger partial charge is 0.352 e. The van der Waals surface area contributed by atoms with Gasteiger partial charge in [-0.2, -0.15) is 0 Å². The molecule has 0 aromatic heterocycles. The van der Waals surface area contributed by atoms with Crippen molar-refractivity contribution in [3.05, 3.63) is 10.6 Å². The van der Waals surface area contributed by atoms with E-state index < -0.39 is 0 Å². The second kappa shape index (κ2) is 3.46. The normalized spacial score (nSPS) is 28.6. The minimum Gasteiger partial charge on any atom is -0.352 e. The number of hydrogen-bond donors (Lipinski definition) is 1. The summed E-state index contributed by atoms with van der Waals surface area (Å²) in [7, 11) is 0. The highest BCUT2D eigenvalue weighted by Gasteiger charge is 2.28. The molecule has 1 aliphatic rings. The second-order valence-electron chi connectivity index (χ2n) is 2.51. The van der Waals surface area contributed by atoms with Gasteiger partial charge in [-0.15, -0.1) is 11.6 Å².